The van der Waals surface area contributed by atoms with Gasteiger partial charge in [-0.3, -0.25) is 14.9 Å². The molecule has 2 heterocycles. The molecular weight excluding hydrogens is 386 g/mol. The number of nitrogens with one attached hydrogen (secondary N) is 1. The summed E-state index contributed by atoms with van der Waals surface area (Å²) in [7, 11) is 0. The molecule has 1 atom stereocenters. The van der Waals surface area contributed by atoms with Gasteiger partial charge >= 0.3 is 0 Å². The highest BCUT2D eigenvalue weighted by molar-refractivity contribution is 7.16. The number of hydrogen-bond donors (Lipinski definition) is 1. The van der Waals surface area contributed by atoms with Crippen molar-refractivity contribution in [2.24, 2.45) is 0 Å². The molecule has 0 spiro atoms. The number of halogens is 1. The van der Waals surface area contributed by atoms with Crippen molar-refractivity contribution in [2.45, 2.75) is 25.2 Å². The number of nitrogens with zero attached hydrogens (tertiary/aromatic N) is 2. The zero-order valence-corrected chi connectivity index (χ0v) is 16.3. The van der Waals surface area contributed by atoms with E-state index in [0.717, 1.165) is 29.8 Å². The van der Waals surface area contributed by atoms with Gasteiger partial charge in [0.1, 0.15) is 0 Å². The van der Waals surface area contributed by atoms with Crippen LogP contribution in [0.1, 0.15) is 39.7 Å². The van der Waals surface area contributed by atoms with E-state index in [1.807, 2.05) is 4.90 Å². The number of benzene rings is 1. The van der Waals surface area contributed by atoms with E-state index in [9.17, 15) is 9.59 Å². The molecule has 27 heavy (non-hydrogen) atoms. The molecule has 0 saturated carbocycles. The molecule has 8 heteroatoms. The molecule has 0 bridgehead atoms. The fourth-order valence-corrected chi connectivity index (χ4v) is 4.67. The molecule has 0 radical (unpaired) electrons. The summed E-state index contributed by atoms with van der Waals surface area (Å²) in [6.45, 7) is 2.44. The maximum atomic E-state index is 12.9. The molecule has 1 aromatic heterocycles. The highest BCUT2D eigenvalue weighted by Gasteiger charge is 2.33. The van der Waals surface area contributed by atoms with Gasteiger partial charge in [0.25, 0.3) is 5.91 Å². The maximum Gasteiger partial charge on any atom is 0.257 e. The van der Waals surface area contributed by atoms with Crippen LogP contribution in [0.25, 0.3) is 0 Å². The topological polar surface area (TPSA) is 71.5 Å². The molecule has 1 aromatic carbocycles. The minimum absolute atomic E-state index is 0.125. The molecule has 1 aliphatic carbocycles. The molecule has 1 unspecified atom stereocenters. The highest BCUT2D eigenvalue weighted by atomic mass is 35.5. The standard InChI is InChI=1S/C19H20ClN3O3S/c20-13-6-4-12(5-7-13)17(24)22-19-21-16-14(2-1-3-15(16)27-19)18(25)23-8-10-26-11-9-23/h4-7,14H,1-3,8-11H2,(H,21,22,24). The van der Waals surface area contributed by atoms with Gasteiger partial charge in [-0.2, -0.15) is 0 Å². The van der Waals surface area contributed by atoms with Crippen LogP contribution in [0.3, 0.4) is 0 Å². The van der Waals surface area contributed by atoms with Crippen molar-refractivity contribution in [1.29, 1.82) is 0 Å². The number of aromatic nitrogens is 1. The summed E-state index contributed by atoms with van der Waals surface area (Å²) < 4.78 is 5.34. The first kappa shape index (κ1) is 18.4. The van der Waals surface area contributed by atoms with E-state index < -0.39 is 0 Å². The number of amides is 2. The molecule has 2 aromatic rings. The maximum absolute atomic E-state index is 12.9. The summed E-state index contributed by atoms with van der Waals surface area (Å²) in [6, 6.07) is 6.71. The predicted octanol–water partition coefficient (Wildman–Crippen LogP) is 3.33. The molecule has 1 N–H and O–H groups in total. The average molecular weight is 406 g/mol. The van der Waals surface area contributed by atoms with Crippen LogP contribution in [-0.2, 0) is 16.0 Å². The Balaban J connectivity index is 1.51. The van der Waals surface area contributed by atoms with Gasteiger partial charge in [0.15, 0.2) is 5.13 Å². The Morgan fingerprint density at radius 3 is 2.70 bits per heavy atom. The van der Waals surface area contributed by atoms with E-state index in [-0.39, 0.29) is 17.7 Å². The van der Waals surface area contributed by atoms with Crippen LogP contribution < -0.4 is 5.32 Å². The molecule has 142 valence electrons. The first-order chi connectivity index (χ1) is 13.1. The Morgan fingerprint density at radius 2 is 1.96 bits per heavy atom. The second-order valence-corrected chi connectivity index (χ2v) is 8.19. The van der Waals surface area contributed by atoms with E-state index in [0.29, 0.717) is 42.0 Å². The molecule has 1 saturated heterocycles. The first-order valence-electron chi connectivity index (χ1n) is 9.05. The van der Waals surface area contributed by atoms with E-state index in [1.54, 1.807) is 24.3 Å². The lowest BCUT2D eigenvalue weighted by Crippen LogP contribution is -2.43. The Hall–Kier alpha value is -1.96. The van der Waals surface area contributed by atoms with Crippen molar-refractivity contribution in [3.8, 4) is 0 Å². The normalized spacial score (nSPS) is 19.4. The van der Waals surface area contributed by atoms with Crippen LogP contribution >= 0.6 is 22.9 Å². The lowest BCUT2D eigenvalue weighted by molar-refractivity contribution is -0.137. The third-order valence-electron chi connectivity index (χ3n) is 4.90. The van der Waals surface area contributed by atoms with E-state index in [1.165, 1.54) is 11.3 Å². The van der Waals surface area contributed by atoms with Crippen molar-refractivity contribution < 1.29 is 14.3 Å². The number of morpholine rings is 1. The van der Waals surface area contributed by atoms with Gasteiger partial charge in [-0.25, -0.2) is 4.98 Å². The number of carbonyl (C=O) groups excluding carboxylic acids is 2. The number of rotatable bonds is 3. The summed E-state index contributed by atoms with van der Waals surface area (Å²) in [4.78, 5) is 32.9. The quantitative estimate of drug-likeness (QED) is 0.850. The van der Waals surface area contributed by atoms with Gasteiger partial charge in [-0.05, 0) is 43.5 Å². The summed E-state index contributed by atoms with van der Waals surface area (Å²) in [6.07, 6.45) is 2.66. The minimum Gasteiger partial charge on any atom is -0.378 e. The predicted molar refractivity (Wildman–Crippen MR) is 105 cm³/mol. The van der Waals surface area contributed by atoms with Crippen LogP contribution in [0, 0.1) is 0 Å². The molecule has 2 aliphatic rings. The van der Waals surface area contributed by atoms with Crippen LogP contribution in [-0.4, -0.2) is 48.0 Å². The number of hydrogen-bond acceptors (Lipinski definition) is 5. The number of carbonyl (C=O) groups is 2. The van der Waals surface area contributed by atoms with Crippen molar-refractivity contribution in [3.05, 3.63) is 45.4 Å². The molecular formula is C19H20ClN3O3S. The van der Waals surface area contributed by atoms with Gasteiger partial charge in [0.05, 0.1) is 24.8 Å². The van der Waals surface area contributed by atoms with Gasteiger partial charge in [-0.15, -0.1) is 11.3 Å². The van der Waals surface area contributed by atoms with Crippen LogP contribution in [0.4, 0.5) is 5.13 Å². The lowest BCUT2D eigenvalue weighted by Gasteiger charge is -2.31. The van der Waals surface area contributed by atoms with E-state index in [4.69, 9.17) is 16.3 Å². The second kappa shape index (κ2) is 7.96. The number of ether oxygens (including phenoxy) is 1. The fraction of sp³-hybridized carbons (Fsp3) is 0.421. The molecule has 2 amide bonds. The summed E-state index contributed by atoms with van der Waals surface area (Å²) >= 11 is 7.33. The minimum atomic E-state index is -0.228. The fourth-order valence-electron chi connectivity index (χ4n) is 3.49. The third kappa shape index (κ3) is 4.00. The van der Waals surface area contributed by atoms with E-state index in [2.05, 4.69) is 10.3 Å². The van der Waals surface area contributed by atoms with Crippen molar-refractivity contribution in [3.63, 3.8) is 0 Å². The summed E-state index contributed by atoms with van der Waals surface area (Å²) in [5, 5.41) is 3.98. The zero-order chi connectivity index (χ0) is 18.8. The van der Waals surface area contributed by atoms with Crippen LogP contribution in [0.5, 0.6) is 0 Å². The van der Waals surface area contributed by atoms with Gasteiger partial charge in [-0.1, -0.05) is 11.6 Å². The van der Waals surface area contributed by atoms with Gasteiger partial charge < -0.3 is 9.64 Å². The van der Waals surface area contributed by atoms with E-state index >= 15 is 0 Å². The number of fused-ring (bicyclic) bond motifs is 1. The van der Waals surface area contributed by atoms with Crippen molar-refractivity contribution >= 4 is 39.9 Å². The van der Waals surface area contributed by atoms with Gasteiger partial charge in [0, 0.05) is 28.6 Å². The lowest BCUT2D eigenvalue weighted by atomic mass is 9.90. The summed E-state index contributed by atoms with van der Waals surface area (Å²) in [5.74, 6) is -0.321. The first-order valence-corrected chi connectivity index (χ1v) is 10.2. The van der Waals surface area contributed by atoms with Crippen LogP contribution in [0.2, 0.25) is 5.02 Å². The Bertz CT molecular complexity index is 846. The average Bonchev–Trinajstić information content (AvgIpc) is 3.11. The largest absolute Gasteiger partial charge is 0.378 e. The second-order valence-electron chi connectivity index (χ2n) is 6.67. The summed E-state index contributed by atoms with van der Waals surface area (Å²) in [5.41, 5.74) is 1.35. The zero-order valence-electron chi connectivity index (χ0n) is 14.7. The molecule has 1 aliphatic heterocycles. The number of anilines is 1. The van der Waals surface area contributed by atoms with Crippen molar-refractivity contribution in [1.82, 2.24) is 9.88 Å². The Kier molecular flexibility index (Phi) is 5.43. The smallest absolute Gasteiger partial charge is 0.257 e. The van der Waals surface area contributed by atoms with Crippen LogP contribution in [0.15, 0.2) is 24.3 Å². The Labute approximate surface area is 166 Å². The SMILES string of the molecule is O=C(Nc1nc2c(s1)CCCC2C(=O)N1CCOCC1)c1ccc(Cl)cc1. The van der Waals surface area contributed by atoms with Gasteiger partial charge in [0.2, 0.25) is 5.91 Å². The Morgan fingerprint density at radius 1 is 1.22 bits per heavy atom. The number of aryl methyl sites for hydroxylation is 1. The molecule has 1 fully saturated rings. The third-order valence-corrected chi connectivity index (χ3v) is 6.20. The molecule has 4 rings (SSSR count). The van der Waals surface area contributed by atoms with Crippen molar-refractivity contribution in [2.75, 3.05) is 31.6 Å². The number of thiazole rings is 1. The molecule has 6 nitrogen and oxygen atoms in total. The highest BCUT2D eigenvalue weighted by Crippen LogP contribution is 2.38. The monoisotopic (exact) mass is 405 g/mol.